The Bertz CT molecular complexity index is 825. The van der Waals surface area contributed by atoms with Crippen LogP contribution < -0.4 is 5.32 Å². The van der Waals surface area contributed by atoms with Crippen molar-refractivity contribution in [1.82, 2.24) is 20.0 Å². The predicted octanol–water partition coefficient (Wildman–Crippen LogP) is 2.12. The van der Waals surface area contributed by atoms with Gasteiger partial charge in [-0.05, 0) is 58.0 Å². The van der Waals surface area contributed by atoms with Crippen LogP contribution in [0.3, 0.4) is 0 Å². The van der Waals surface area contributed by atoms with Crippen LogP contribution in [0.1, 0.15) is 66.7 Å². The monoisotopic (exact) mass is 492 g/mol. The molecule has 4 atom stereocenters. The summed E-state index contributed by atoms with van der Waals surface area (Å²) in [6.45, 7) is 10.7. The van der Waals surface area contributed by atoms with E-state index in [2.05, 4.69) is 5.32 Å². The number of carbonyl (C=O) groups excluding carboxylic acids is 3. The van der Waals surface area contributed by atoms with Crippen LogP contribution in [0.25, 0.3) is 0 Å². The lowest BCUT2D eigenvalue weighted by atomic mass is 9.96. The zero-order valence-electron chi connectivity index (χ0n) is 22.4. The number of aliphatic carboxylic acids is 1. The van der Waals surface area contributed by atoms with E-state index in [0.29, 0.717) is 25.0 Å². The van der Waals surface area contributed by atoms with Crippen LogP contribution in [0.4, 0.5) is 0 Å². The number of carboxylic acid groups (broad SMARTS) is 1. The van der Waals surface area contributed by atoms with Gasteiger partial charge in [0.2, 0.25) is 17.7 Å². The molecule has 0 bridgehead atoms. The highest BCUT2D eigenvalue weighted by atomic mass is 16.4. The highest BCUT2D eigenvalue weighted by molar-refractivity contribution is 5.96. The number of hydrogen-bond acceptors (Lipinski definition) is 5. The molecule has 2 aliphatic heterocycles. The van der Waals surface area contributed by atoms with Gasteiger partial charge in [-0.3, -0.25) is 19.3 Å². The third-order valence-corrected chi connectivity index (χ3v) is 7.34. The molecule has 0 aliphatic carbocycles. The first-order valence-corrected chi connectivity index (χ1v) is 12.9. The SMILES string of the molecule is C/C(=C\C(C(C)C)N(C)C(=O)C(NC(=O)C1CCCCN1C)C(C)C)C(=O)N1CCCC1C(=O)O. The molecular weight excluding hydrogens is 448 g/mol. The molecule has 0 saturated carbocycles. The number of nitrogens with one attached hydrogen (secondary N) is 1. The number of amides is 3. The summed E-state index contributed by atoms with van der Waals surface area (Å²) >= 11 is 0. The standard InChI is InChI=1S/C26H44N4O5/c1-16(2)21(15-18(5)24(32)30-14-10-12-20(30)26(34)35)29(7)25(33)22(17(3)4)27-23(31)19-11-8-9-13-28(19)6/h15-17,19-22H,8-14H2,1-7H3,(H,27,31)(H,34,35)/b18-15+. The van der Waals surface area contributed by atoms with Crippen LogP contribution in [0.5, 0.6) is 0 Å². The van der Waals surface area contributed by atoms with Crippen molar-refractivity contribution in [2.75, 3.05) is 27.2 Å². The van der Waals surface area contributed by atoms with E-state index >= 15 is 0 Å². The first kappa shape index (κ1) is 28.8. The first-order chi connectivity index (χ1) is 16.4. The highest BCUT2D eigenvalue weighted by Crippen LogP contribution is 2.22. The van der Waals surface area contributed by atoms with Gasteiger partial charge < -0.3 is 20.2 Å². The van der Waals surface area contributed by atoms with Crippen LogP contribution in [-0.4, -0.2) is 94.8 Å². The van der Waals surface area contributed by atoms with E-state index in [0.717, 1.165) is 25.8 Å². The van der Waals surface area contributed by atoms with E-state index in [1.165, 1.54) is 4.90 Å². The Kier molecular flexibility index (Phi) is 10.3. The third-order valence-electron chi connectivity index (χ3n) is 7.34. The zero-order valence-corrected chi connectivity index (χ0v) is 22.4. The molecule has 2 rings (SSSR count). The van der Waals surface area contributed by atoms with Crippen molar-refractivity contribution in [2.45, 2.75) is 90.9 Å². The van der Waals surface area contributed by atoms with Crippen molar-refractivity contribution in [3.05, 3.63) is 11.6 Å². The summed E-state index contributed by atoms with van der Waals surface area (Å²) in [5.74, 6) is -1.72. The quantitative estimate of drug-likeness (QED) is 0.477. The van der Waals surface area contributed by atoms with Gasteiger partial charge in [-0.2, -0.15) is 0 Å². The van der Waals surface area contributed by atoms with E-state index in [9.17, 15) is 24.3 Å². The van der Waals surface area contributed by atoms with E-state index in [1.54, 1.807) is 24.9 Å². The summed E-state index contributed by atoms with van der Waals surface area (Å²) in [6.07, 6.45) is 5.72. The number of carbonyl (C=O) groups is 4. The molecule has 2 heterocycles. The van der Waals surface area contributed by atoms with Gasteiger partial charge in [0.1, 0.15) is 12.1 Å². The predicted molar refractivity (Wildman–Crippen MR) is 135 cm³/mol. The summed E-state index contributed by atoms with van der Waals surface area (Å²) in [7, 11) is 3.64. The van der Waals surface area contributed by atoms with Gasteiger partial charge in [0, 0.05) is 19.2 Å². The van der Waals surface area contributed by atoms with Gasteiger partial charge in [0.25, 0.3) is 0 Å². The molecule has 0 spiro atoms. The normalized spacial score (nSPS) is 23.3. The minimum atomic E-state index is -0.990. The number of hydrogen-bond donors (Lipinski definition) is 2. The Morgan fingerprint density at radius 2 is 1.60 bits per heavy atom. The minimum absolute atomic E-state index is 0.00791. The fourth-order valence-corrected chi connectivity index (χ4v) is 5.11. The number of likely N-dealkylation sites (tertiary alicyclic amines) is 2. The van der Waals surface area contributed by atoms with Crippen LogP contribution >= 0.6 is 0 Å². The van der Waals surface area contributed by atoms with Gasteiger partial charge in [0.05, 0.1) is 12.1 Å². The Morgan fingerprint density at radius 1 is 0.971 bits per heavy atom. The fraction of sp³-hybridized carbons (Fsp3) is 0.769. The number of carboxylic acids is 1. The van der Waals surface area contributed by atoms with Gasteiger partial charge >= 0.3 is 5.97 Å². The summed E-state index contributed by atoms with van der Waals surface area (Å²) in [4.78, 5) is 56.2. The van der Waals surface area contributed by atoms with Crippen molar-refractivity contribution < 1.29 is 24.3 Å². The second-order valence-corrected chi connectivity index (χ2v) is 10.8. The summed E-state index contributed by atoms with van der Waals surface area (Å²) in [6, 6.07) is -2.09. The molecule has 2 saturated heterocycles. The van der Waals surface area contributed by atoms with Crippen molar-refractivity contribution >= 4 is 23.7 Å². The van der Waals surface area contributed by atoms with Gasteiger partial charge in [-0.1, -0.05) is 40.2 Å². The van der Waals surface area contributed by atoms with Crippen molar-refractivity contribution in [1.29, 1.82) is 0 Å². The lowest BCUT2D eigenvalue weighted by Gasteiger charge is -2.36. The second kappa shape index (κ2) is 12.5. The van der Waals surface area contributed by atoms with E-state index < -0.39 is 18.1 Å². The number of rotatable bonds is 9. The van der Waals surface area contributed by atoms with E-state index in [1.807, 2.05) is 39.6 Å². The maximum Gasteiger partial charge on any atom is 0.326 e. The maximum absolute atomic E-state index is 13.6. The molecule has 2 fully saturated rings. The number of piperidine rings is 1. The lowest BCUT2D eigenvalue weighted by Crippen LogP contribution is -2.57. The van der Waals surface area contributed by atoms with Crippen molar-refractivity contribution in [3.8, 4) is 0 Å². The molecule has 0 radical (unpaired) electrons. The first-order valence-electron chi connectivity index (χ1n) is 12.9. The van der Waals surface area contributed by atoms with E-state index in [4.69, 9.17) is 0 Å². The average Bonchev–Trinajstić information content (AvgIpc) is 3.29. The lowest BCUT2D eigenvalue weighted by molar-refractivity contribution is -0.146. The molecule has 198 valence electrons. The molecule has 0 aromatic heterocycles. The molecule has 35 heavy (non-hydrogen) atoms. The van der Waals surface area contributed by atoms with Crippen LogP contribution in [-0.2, 0) is 19.2 Å². The topological polar surface area (TPSA) is 110 Å². The Morgan fingerprint density at radius 3 is 2.14 bits per heavy atom. The van der Waals surface area contributed by atoms with Gasteiger partial charge in [-0.15, -0.1) is 0 Å². The van der Waals surface area contributed by atoms with Crippen LogP contribution in [0.2, 0.25) is 0 Å². The minimum Gasteiger partial charge on any atom is -0.480 e. The second-order valence-electron chi connectivity index (χ2n) is 10.8. The molecule has 9 heteroatoms. The highest BCUT2D eigenvalue weighted by Gasteiger charge is 2.36. The third kappa shape index (κ3) is 7.06. The van der Waals surface area contributed by atoms with Gasteiger partial charge in [-0.25, -0.2) is 4.79 Å². The molecular formula is C26H44N4O5. The molecule has 4 unspecified atom stereocenters. The summed E-state index contributed by atoms with van der Waals surface area (Å²) < 4.78 is 0. The number of nitrogens with zero attached hydrogens (tertiary/aromatic N) is 3. The fourth-order valence-electron chi connectivity index (χ4n) is 5.11. The smallest absolute Gasteiger partial charge is 0.326 e. The molecule has 0 aromatic carbocycles. The number of likely N-dealkylation sites (N-methyl/N-ethyl adjacent to an activating group) is 2. The Labute approximate surface area is 209 Å². The molecule has 3 amide bonds. The van der Waals surface area contributed by atoms with Crippen molar-refractivity contribution in [3.63, 3.8) is 0 Å². The summed E-state index contributed by atoms with van der Waals surface area (Å²) in [5.41, 5.74) is 0.422. The molecule has 2 aliphatic rings. The molecule has 2 N–H and O–H groups in total. The molecule has 0 aromatic rings. The maximum atomic E-state index is 13.6. The van der Waals surface area contributed by atoms with Gasteiger partial charge in [0.15, 0.2) is 0 Å². The van der Waals surface area contributed by atoms with E-state index in [-0.39, 0.29) is 41.6 Å². The van der Waals surface area contributed by atoms with Crippen molar-refractivity contribution in [2.24, 2.45) is 11.8 Å². The Balaban J connectivity index is 2.19. The van der Waals surface area contributed by atoms with Crippen LogP contribution in [0.15, 0.2) is 11.6 Å². The molecule has 9 nitrogen and oxygen atoms in total. The largest absolute Gasteiger partial charge is 0.480 e. The summed E-state index contributed by atoms with van der Waals surface area (Å²) in [5, 5.41) is 12.4. The van der Waals surface area contributed by atoms with Crippen LogP contribution in [0, 0.1) is 11.8 Å². The average molecular weight is 493 g/mol. The zero-order chi connectivity index (χ0) is 26.4. The Hall–Kier alpha value is -2.42.